The Labute approximate surface area is 176 Å². The molecule has 150 valence electrons. The summed E-state index contributed by atoms with van der Waals surface area (Å²) >= 11 is 3.44. The molecule has 0 unspecified atom stereocenters. The minimum absolute atomic E-state index is 0.0642. The SMILES string of the molecule is CCCCN(CCCC)C(=O)CNc1ccc(Br)cc1C(=O)c1ccccc1. The highest BCUT2D eigenvalue weighted by Crippen LogP contribution is 2.24. The number of carbonyl (C=O) groups is 2. The molecule has 1 N–H and O–H groups in total. The number of carbonyl (C=O) groups excluding carboxylic acids is 2. The van der Waals surface area contributed by atoms with Crippen LogP contribution in [0.15, 0.2) is 53.0 Å². The number of benzene rings is 2. The van der Waals surface area contributed by atoms with E-state index in [0.29, 0.717) is 16.8 Å². The third kappa shape index (κ3) is 6.48. The van der Waals surface area contributed by atoms with Crippen LogP contribution in [-0.2, 0) is 4.79 Å². The summed E-state index contributed by atoms with van der Waals surface area (Å²) in [4.78, 5) is 27.6. The van der Waals surface area contributed by atoms with E-state index in [0.717, 1.165) is 43.2 Å². The lowest BCUT2D eigenvalue weighted by Gasteiger charge is -2.23. The van der Waals surface area contributed by atoms with Crippen LogP contribution in [0.25, 0.3) is 0 Å². The molecule has 2 rings (SSSR count). The summed E-state index contributed by atoms with van der Waals surface area (Å²) in [6.07, 6.45) is 4.13. The van der Waals surface area contributed by atoms with Crippen LogP contribution < -0.4 is 5.32 Å². The van der Waals surface area contributed by atoms with E-state index in [4.69, 9.17) is 0 Å². The van der Waals surface area contributed by atoms with E-state index in [1.165, 1.54) is 0 Å². The van der Waals surface area contributed by atoms with E-state index >= 15 is 0 Å². The van der Waals surface area contributed by atoms with Crippen LogP contribution in [-0.4, -0.2) is 36.2 Å². The van der Waals surface area contributed by atoms with Crippen molar-refractivity contribution in [2.24, 2.45) is 0 Å². The molecule has 0 saturated carbocycles. The normalized spacial score (nSPS) is 10.5. The third-order valence-corrected chi connectivity index (χ3v) is 5.10. The van der Waals surface area contributed by atoms with E-state index in [1.807, 2.05) is 35.2 Å². The van der Waals surface area contributed by atoms with E-state index < -0.39 is 0 Å². The fraction of sp³-hybridized carbons (Fsp3) is 0.391. The Balaban J connectivity index is 2.13. The van der Waals surface area contributed by atoms with Crippen molar-refractivity contribution in [3.8, 4) is 0 Å². The molecular weight excluding hydrogens is 416 g/mol. The van der Waals surface area contributed by atoms with Gasteiger partial charge >= 0.3 is 0 Å². The maximum absolute atomic E-state index is 12.9. The predicted octanol–water partition coefficient (Wildman–Crippen LogP) is 5.52. The van der Waals surface area contributed by atoms with Gasteiger partial charge in [0.05, 0.1) is 6.54 Å². The van der Waals surface area contributed by atoms with Gasteiger partial charge in [0.1, 0.15) is 0 Å². The van der Waals surface area contributed by atoms with E-state index in [9.17, 15) is 9.59 Å². The molecule has 0 aromatic heterocycles. The number of halogens is 1. The number of rotatable bonds is 11. The molecule has 0 heterocycles. The number of anilines is 1. The minimum Gasteiger partial charge on any atom is -0.376 e. The van der Waals surface area contributed by atoms with Gasteiger partial charge in [-0.15, -0.1) is 0 Å². The summed E-state index contributed by atoms with van der Waals surface area (Å²) in [7, 11) is 0. The molecule has 0 aliphatic heterocycles. The second-order valence-corrected chi connectivity index (χ2v) is 7.74. The van der Waals surface area contributed by atoms with Crippen LogP contribution >= 0.6 is 15.9 Å². The first-order valence-electron chi connectivity index (χ1n) is 9.97. The molecule has 0 atom stereocenters. The first-order chi connectivity index (χ1) is 13.6. The van der Waals surface area contributed by atoms with Crippen molar-refractivity contribution in [2.75, 3.05) is 25.0 Å². The number of amides is 1. The average molecular weight is 445 g/mol. The molecule has 0 fully saturated rings. The Morgan fingerprint density at radius 3 is 2.21 bits per heavy atom. The van der Waals surface area contributed by atoms with Crippen molar-refractivity contribution in [3.63, 3.8) is 0 Å². The Morgan fingerprint density at radius 2 is 1.61 bits per heavy atom. The minimum atomic E-state index is -0.0642. The van der Waals surface area contributed by atoms with Gasteiger partial charge in [-0.05, 0) is 31.0 Å². The lowest BCUT2D eigenvalue weighted by molar-refractivity contribution is -0.129. The van der Waals surface area contributed by atoms with E-state index in [-0.39, 0.29) is 18.2 Å². The van der Waals surface area contributed by atoms with Crippen LogP contribution in [0.3, 0.4) is 0 Å². The van der Waals surface area contributed by atoms with Crippen LogP contribution in [0.2, 0.25) is 0 Å². The van der Waals surface area contributed by atoms with Gasteiger partial charge in [0.2, 0.25) is 5.91 Å². The molecule has 0 radical (unpaired) electrons. The van der Waals surface area contributed by atoms with Crippen molar-refractivity contribution in [1.29, 1.82) is 0 Å². The zero-order valence-corrected chi connectivity index (χ0v) is 18.3. The molecule has 5 heteroatoms. The summed E-state index contributed by atoms with van der Waals surface area (Å²) in [6.45, 7) is 6.01. The molecule has 4 nitrogen and oxygen atoms in total. The molecule has 2 aromatic carbocycles. The fourth-order valence-electron chi connectivity index (χ4n) is 2.95. The number of nitrogens with one attached hydrogen (secondary N) is 1. The first-order valence-corrected chi connectivity index (χ1v) is 10.8. The van der Waals surface area contributed by atoms with Crippen molar-refractivity contribution < 1.29 is 9.59 Å². The van der Waals surface area contributed by atoms with Crippen molar-refractivity contribution in [1.82, 2.24) is 4.90 Å². The lowest BCUT2D eigenvalue weighted by Crippen LogP contribution is -2.37. The molecule has 0 saturated heterocycles. The number of nitrogens with zero attached hydrogens (tertiary/aromatic N) is 1. The Bertz CT molecular complexity index is 769. The largest absolute Gasteiger partial charge is 0.376 e. The molecule has 0 aliphatic rings. The summed E-state index contributed by atoms with van der Waals surface area (Å²) in [6, 6.07) is 14.7. The van der Waals surface area contributed by atoms with Crippen LogP contribution in [0.5, 0.6) is 0 Å². The second-order valence-electron chi connectivity index (χ2n) is 6.83. The highest BCUT2D eigenvalue weighted by molar-refractivity contribution is 9.10. The Morgan fingerprint density at radius 1 is 0.964 bits per heavy atom. The summed E-state index contributed by atoms with van der Waals surface area (Å²) < 4.78 is 0.830. The standard InChI is InChI=1S/C23H29BrN2O2/c1-3-5-14-26(15-6-4-2)22(27)17-25-21-13-12-19(24)16-20(21)23(28)18-10-8-7-9-11-18/h7-13,16,25H,3-6,14-15,17H2,1-2H3. The maximum Gasteiger partial charge on any atom is 0.241 e. The monoisotopic (exact) mass is 444 g/mol. The van der Waals surface area contributed by atoms with Crippen molar-refractivity contribution >= 4 is 33.3 Å². The summed E-state index contributed by atoms with van der Waals surface area (Å²) in [5.74, 6) is 0.00796. The maximum atomic E-state index is 12.9. The highest BCUT2D eigenvalue weighted by Gasteiger charge is 2.17. The zero-order chi connectivity index (χ0) is 20.4. The molecule has 0 bridgehead atoms. The quantitative estimate of drug-likeness (QED) is 0.464. The average Bonchev–Trinajstić information content (AvgIpc) is 2.72. The number of hydrogen-bond acceptors (Lipinski definition) is 3. The highest BCUT2D eigenvalue weighted by atomic mass is 79.9. The number of unbranched alkanes of at least 4 members (excludes halogenated alkanes) is 2. The Hall–Kier alpha value is -2.14. The number of ketones is 1. The molecule has 1 amide bonds. The van der Waals surface area contributed by atoms with E-state index in [1.54, 1.807) is 18.2 Å². The smallest absolute Gasteiger partial charge is 0.241 e. The topological polar surface area (TPSA) is 49.4 Å². The van der Waals surface area contributed by atoms with Gasteiger partial charge in [0, 0.05) is 34.4 Å². The van der Waals surface area contributed by atoms with Gasteiger partial charge in [-0.2, -0.15) is 0 Å². The van der Waals surface area contributed by atoms with Crippen LogP contribution in [0, 0.1) is 0 Å². The van der Waals surface area contributed by atoms with E-state index in [2.05, 4.69) is 35.1 Å². The van der Waals surface area contributed by atoms with Crippen LogP contribution in [0.1, 0.15) is 55.5 Å². The third-order valence-electron chi connectivity index (χ3n) is 4.61. The molecule has 28 heavy (non-hydrogen) atoms. The summed E-state index contributed by atoms with van der Waals surface area (Å²) in [5, 5.41) is 3.19. The second kappa shape index (κ2) is 11.6. The fourth-order valence-corrected chi connectivity index (χ4v) is 3.31. The van der Waals surface area contributed by atoms with Gasteiger partial charge in [-0.25, -0.2) is 0 Å². The van der Waals surface area contributed by atoms with Gasteiger partial charge in [0.25, 0.3) is 0 Å². The zero-order valence-electron chi connectivity index (χ0n) is 16.7. The lowest BCUT2D eigenvalue weighted by atomic mass is 10.0. The molecular formula is C23H29BrN2O2. The van der Waals surface area contributed by atoms with Gasteiger partial charge in [-0.1, -0.05) is 73.0 Å². The first kappa shape index (κ1) is 22.2. The Kier molecular flexibility index (Phi) is 9.21. The molecule has 2 aromatic rings. The van der Waals surface area contributed by atoms with Gasteiger partial charge in [0.15, 0.2) is 5.78 Å². The molecule has 0 spiro atoms. The van der Waals surface area contributed by atoms with Gasteiger partial charge < -0.3 is 10.2 Å². The molecule has 0 aliphatic carbocycles. The summed E-state index contributed by atoms with van der Waals surface area (Å²) in [5.41, 5.74) is 1.86. The predicted molar refractivity (Wildman–Crippen MR) is 119 cm³/mol. The van der Waals surface area contributed by atoms with Crippen molar-refractivity contribution in [2.45, 2.75) is 39.5 Å². The number of hydrogen-bond donors (Lipinski definition) is 1. The van der Waals surface area contributed by atoms with Crippen molar-refractivity contribution in [3.05, 3.63) is 64.1 Å². The van der Waals surface area contributed by atoms with Crippen LogP contribution in [0.4, 0.5) is 5.69 Å². The van der Waals surface area contributed by atoms with Gasteiger partial charge in [-0.3, -0.25) is 9.59 Å².